The van der Waals surface area contributed by atoms with E-state index in [1.807, 2.05) is 24.3 Å². The van der Waals surface area contributed by atoms with Gasteiger partial charge in [0.15, 0.2) is 0 Å². The normalized spacial score (nSPS) is 15.3. The van der Waals surface area contributed by atoms with E-state index in [9.17, 15) is 4.79 Å². The van der Waals surface area contributed by atoms with Gasteiger partial charge in [0.2, 0.25) is 0 Å². The van der Waals surface area contributed by atoms with E-state index in [1.165, 1.54) is 0 Å². The summed E-state index contributed by atoms with van der Waals surface area (Å²) in [6, 6.07) is 7.55. The number of rotatable bonds is 0. The fourth-order valence-corrected chi connectivity index (χ4v) is 1.32. The van der Waals surface area contributed by atoms with Crippen LogP contribution in [-0.2, 0) is 11.2 Å². The Kier molecular flexibility index (Phi) is 1.43. The van der Waals surface area contributed by atoms with Crippen LogP contribution >= 0.6 is 0 Å². The van der Waals surface area contributed by atoms with Gasteiger partial charge in [-0.1, -0.05) is 24.3 Å². The molecule has 1 aliphatic heterocycles. The van der Waals surface area contributed by atoms with Crippen LogP contribution in [0.5, 0.6) is 0 Å². The Labute approximate surface area is 69.9 Å². The number of carbonyl (C=O) groups excluding carboxylic acids is 1. The highest BCUT2D eigenvalue weighted by Gasteiger charge is 2.15. The molecule has 0 saturated carbocycles. The molecular weight excluding hydrogens is 152 g/mol. The maximum Gasteiger partial charge on any atom is 0.252 e. The zero-order chi connectivity index (χ0) is 8.55. The molecule has 0 aliphatic carbocycles. The van der Waals surface area contributed by atoms with Gasteiger partial charge in [-0.2, -0.15) is 4.99 Å². The Morgan fingerprint density at radius 1 is 1.33 bits per heavy atom. The number of nitrogens with zero attached hydrogens (tertiary/aromatic N) is 1. The first-order valence-corrected chi connectivity index (χ1v) is 3.72. The molecule has 0 aromatic heterocycles. The molecule has 2 rings (SSSR count). The summed E-state index contributed by atoms with van der Waals surface area (Å²) in [5.41, 5.74) is 7.42. The van der Waals surface area contributed by atoms with E-state index in [-0.39, 0.29) is 5.91 Å². The fraction of sp³-hybridized carbons (Fsp3) is 0.111. The number of benzene rings is 1. The van der Waals surface area contributed by atoms with Gasteiger partial charge < -0.3 is 5.73 Å². The number of amidine groups is 1. The van der Waals surface area contributed by atoms with Gasteiger partial charge in [-0.3, -0.25) is 4.79 Å². The van der Waals surface area contributed by atoms with E-state index in [2.05, 4.69) is 4.99 Å². The van der Waals surface area contributed by atoms with E-state index in [4.69, 9.17) is 5.73 Å². The van der Waals surface area contributed by atoms with Gasteiger partial charge in [0, 0.05) is 5.56 Å². The number of hydrogen-bond donors (Lipinski definition) is 1. The lowest BCUT2D eigenvalue weighted by molar-refractivity contribution is -0.117. The summed E-state index contributed by atoms with van der Waals surface area (Å²) >= 11 is 0. The molecular formula is C9H8N2O. The predicted octanol–water partition coefficient (Wildman–Crippen LogP) is 0.475. The third kappa shape index (κ3) is 0.993. The summed E-state index contributed by atoms with van der Waals surface area (Å²) < 4.78 is 0. The lowest BCUT2D eigenvalue weighted by Crippen LogP contribution is -2.23. The highest BCUT2D eigenvalue weighted by atomic mass is 16.1. The highest BCUT2D eigenvalue weighted by molar-refractivity contribution is 6.08. The average Bonchev–Trinajstić information content (AvgIpc) is 2.04. The number of nitrogens with two attached hydrogens (primary N) is 1. The van der Waals surface area contributed by atoms with Crippen LogP contribution in [0.2, 0.25) is 0 Å². The smallest absolute Gasteiger partial charge is 0.252 e. The second-order valence-corrected chi connectivity index (χ2v) is 2.72. The Hall–Kier alpha value is -1.64. The first-order chi connectivity index (χ1) is 5.77. The van der Waals surface area contributed by atoms with Crippen molar-refractivity contribution < 1.29 is 4.79 Å². The molecule has 0 atom stereocenters. The lowest BCUT2D eigenvalue weighted by atomic mass is 10.0. The molecule has 0 bridgehead atoms. The van der Waals surface area contributed by atoms with Gasteiger partial charge in [0.05, 0.1) is 6.42 Å². The van der Waals surface area contributed by atoms with Crippen molar-refractivity contribution in [3.05, 3.63) is 35.4 Å². The number of carbonyl (C=O) groups is 1. The molecule has 1 aromatic carbocycles. The third-order valence-corrected chi connectivity index (χ3v) is 1.88. The topological polar surface area (TPSA) is 55.4 Å². The Balaban J connectivity index is 2.60. The Morgan fingerprint density at radius 3 is 2.92 bits per heavy atom. The van der Waals surface area contributed by atoms with Crippen LogP contribution < -0.4 is 5.73 Å². The number of fused-ring (bicyclic) bond motifs is 1. The zero-order valence-electron chi connectivity index (χ0n) is 6.45. The van der Waals surface area contributed by atoms with Crippen molar-refractivity contribution in [2.45, 2.75) is 6.42 Å². The summed E-state index contributed by atoms with van der Waals surface area (Å²) in [6.45, 7) is 0. The van der Waals surface area contributed by atoms with Crippen molar-refractivity contribution in [2.75, 3.05) is 0 Å². The van der Waals surface area contributed by atoms with E-state index in [1.54, 1.807) is 0 Å². The number of aliphatic imine (C=N–C) groups is 1. The third-order valence-electron chi connectivity index (χ3n) is 1.88. The molecule has 1 aliphatic rings. The van der Waals surface area contributed by atoms with Crippen LogP contribution in [0, 0.1) is 0 Å². The van der Waals surface area contributed by atoms with Gasteiger partial charge >= 0.3 is 0 Å². The van der Waals surface area contributed by atoms with Gasteiger partial charge in [0.1, 0.15) is 5.84 Å². The van der Waals surface area contributed by atoms with E-state index in [0.29, 0.717) is 12.3 Å². The van der Waals surface area contributed by atoms with Crippen molar-refractivity contribution in [1.29, 1.82) is 0 Å². The molecule has 60 valence electrons. The van der Waals surface area contributed by atoms with Crippen molar-refractivity contribution in [3.8, 4) is 0 Å². The van der Waals surface area contributed by atoms with E-state index < -0.39 is 0 Å². The molecule has 3 heteroatoms. The quantitative estimate of drug-likeness (QED) is 0.600. The Bertz CT molecular complexity index is 369. The highest BCUT2D eigenvalue weighted by Crippen LogP contribution is 2.13. The first kappa shape index (κ1) is 7.03. The first-order valence-electron chi connectivity index (χ1n) is 3.72. The van der Waals surface area contributed by atoms with Gasteiger partial charge in [-0.15, -0.1) is 0 Å². The fourth-order valence-electron chi connectivity index (χ4n) is 1.32. The number of amides is 1. The Morgan fingerprint density at radius 2 is 2.08 bits per heavy atom. The standard InChI is InChI=1S/C9H8N2O/c10-9-7-4-2-1-3-6(7)5-8(12)11-9/h1-4H,5H2,(H2,10,11,12). The molecule has 1 amide bonds. The van der Waals surface area contributed by atoms with Gasteiger partial charge in [0.25, 0.3) is 5.91 Å². The molecule has 0 spiro atoms. The molecule has 0 saturated heterocycles. The maximum absolute atomic E-state index is 11.0. The summed E-state index contributed by atoms with van der Waals surface area (Å²) in [4.78, 5) is 14.6. The van der Waals surface area contributed by atoms with Crippen LogP contribution in [-0.4, -0.2) is 11.7 Å². The summed E-state index contributed by atoms with van der Waals surface area (Å²) in [5.74, 6) is 0.174. The maximum atomic E-state index is 11.0. The van der Waals surface area contributed by atoms with Crippen molar-refractivity contribution >= 4 is 11.7 Å². The minimum absolute atomic E-state index is 0.161. The monoisotopic (exact) mass is 160 g/mol. The van der Waals surface area contributed by atoms with Crippen molar-refractivity contribution in [3.63, 3.8) is 0 Å². The molecule has 2 N–H and O–H groups in total. The largest absolute Gasteiger partial charge is 0.383 e. The molecule has 0 unspecified atom stereocenters. The molecule has 3 nitrogen and oxygen atoms in total. The van der Waals surface area contributed by atoms with Gasteiger partial charge in [-0.25, -0.2) is 0 Å². The van der Waals surface area contributed by atoms with Crippen LogP contribution in [0.15, 0.2) is 29.3 Å². The molecule has 0 fully saturated rings. The van der Waals surface area contributed by atoms with Crippen molar-refractivity contribution in [2.24, 2.45) is 10.7 Å². The molecule has 12 heavy (non-hydrogen) atoms. The van der Waals surface area contributed by atoms with E-state index >= 15 is 0 Å². The van der Waals surface area contributed by atoms with Crippen molar-refractivity contribution in [1.82, 2.24) is 0 Å². The second kappa shape index (κ2) is 2.44. The van der Waals surface area contributed by atoms with Crippen LogP contribution in [0.3, 0.4) is 0 Å². The predicted molar refractivity (Wildman–Crippen MR) is 45.9 cm³/mol. The minimum Gasteiger partial charge on any atom is -0.383 e. The van der Waals surface area contributed by atoms with Crippen LogP contribution in [0.4, 0.5) is 0 Å². The summed E-state index contributed by atoms with van der Waals surface area (Å²) in [6.07, 6.45) is 0.372. The summed E-state index contributed by atoms with van der Waals surface area (Å²) in [5, 5.41) is 0. The minimum atomic E-state index is -0.161. The second-order valence-electron chi connectivity index (χ2n) is 2.72. The van der Waals surface area contributed by atoms with Crippen LogP contribution in [0.25, 0.3) is 0 Å². The SMILES string of the molecule is NC1=NC(=O)Cc2ccccc21. The molecule has 1 aromatic rings. The molecule has 1 heterocycles. The molecule has 0 radical (unpaired) electrons. The van der Waals surface area contributed by atoms with Crippen LogP contribution in [0.1, 0.15) is 11.1 Å². The van der Waals surface area contributed by atoms with E-state index in [0.717, 1.165) is 11.1 Å². The zero-order valence-corrected chi connectivity index (χ0v) is 6.45. The number of hydrogen-bond acceptors (Lipinski definition) is 2. The average molecular weight is 160 g/mol. The lowest BCUT2D eigenvalue weighted by Gasteiger charge is -2.11. The summed E-state index contributed by atoms with van der Waals surface area (Å²) in [7, 11) is 0. The van der Waals surface area contributed by atoms with Gasteiger partial charge in [-0.05, 0) is 5.56 Å².